The minimum absolute atomic E-state index is 0.333. The van der Waals surface area contributed by atoms with E-state index in [2.05, 4.69) is 27.6 Å². The Labute approximate surface area is 176 Å². The van der Waals surface area contributed by atoms with Crippen LogP contribution in [0.25, 0.3) is 11.3 Å². The SMILES string of the molecule is CCCCOc1ccc(-c2cc(C(=O)NN=C(C)c3ccc(OC)cc3)[nH]n2)cc1. The first-order valence-electron chi connectivity index (χ1n) is 9.88. The number of amides is 1. The molecule has 0 bridgehead atoms. The van der Waals surface area contributed by atoms with Crippen LogP contribution in [0.2, 0.25) is 0 Å². The highest BCUT2D eigenvalue weighted by molar-refractivity contribution is 6.00. The minimum atomic E-state index is -0.360. The first kappa shape index (κ1) is 21.1. The molecule has 0 saturated carbocycles. The highest BCUT2D eigenvalue weighted by Crippen LogP contribution is 2.21. The number of aromatic nitrogens is 2. The van der Waals surface area contributed by atoms with Crippen molar-refractivity contribution in [3.8, 4) is 22.8 Å². The lowest BCUT2D eigenvalue weighted by atomic mass is 10.1. The number of methoxy groups -OCH3 is 1. The van der Waals surface area contributed by atoms with Gasteiger partial charge >= 0.3 is 0 Å². The quantitative estimate of drug-likeness (QED) is 0.313. The average Bonchev–Trinajstić information content (AvgIpc) is 3.28. The van der Waals surface area contributed by atoms with Gasteiger partial charge in [0.1, 0.15) is 17.2 Å². The molecule has 0 unspecified atom stereocenters. The number of unbranched alkanes of at least 4 members (excludes halogenated alkanes) is 1. The zero-order valence-electron chi connectivity index (χ0n) is 17.4. The van der Waals surface area contributed by atoms with Crippen LogP contribution in [0.1, 0.15) is 42.7 Å². The summed E-state index contributed by atoms with van der Waals surface area (Å²) in [6.07, 6.45) is 2.12. The molecule has 2 aromatic carbocycles. The van der Waals surface area contributed by atoms with E-state index in [1.54, 1.807) is 13.2 Å². The summed E-state index contributed by atoms with van der Waals surface area (Å²) in [6, 6.07) is 16.8. The van der Waals surface area contributed by atoms with E-state index in [1.807, 2.05) is 55.5 Å². The van der Waals surface area contributed by atoms with Crippen LogP contribution in [0.3, 0.4) is 0 Å². The van der Waals surface area contributed by atoms with Crippen LogP contribution >= 0.6 is 0 Å². The molecule has 0 aliphatic rings. The van der Waals surface area contributed by atoms with Crippen molar-refractivity contribution in [3.63, 3.8) is 0 Å². The molecule has 0 radical (unpaired) electrons. The number of hydrogen-bond donors (Lipinski definition) is 2. The number of carbonyl (C=O) groups is 1. The van der Waals surface area contributed by atoms with Crippen molar-refractivity contribution >= 4 is 11.6 Å². The molecule has 2 N–H and O–H groups in total. The van der Waals surface area contributed by atoms with E-state index >= 15 is 0 Å². The predicted octanol–water partition coefficient (Wildman–Crippen LogP) is 4.42. The predicted molar refractivity (Wildman–Crippen MR) is 117 cm³/mol. The number of nitrogens with zero attached hydrogens (tertiary/aromatic N) is 2. The summed E-state index contributed by atoms with van der Waals surface area (Å²) >= 11 is 0. The Balaban J connectivity index is 1.61. The molecule has 1 amide bonds. The van der Waals surface area contributed by atoms with Crippen LogP contribution < -0.4 is 14.9 Å². The summed E-state index contributed by atoms with van der Waals surface area (Å²) in [5, 5.41) is 11.2. The van der Waals surface area contributed by atoms with E-state index in [1.165, 1.54) is 0 Å². The summed E-state index contributed by atoms with van der Waals surface area (Å²) in [7, 11) is 1.62. The van der Waals surface area contributed by atoms with Gasteiger partial charge in [0, 0.05) is 5.56 Å². The Hall–Kier alpha value is -3.61. The summed E-state index contributed by atoms with van der Waals surface area (Å²) in [5.74, 6) is 1.23. The summed E-state index contributed by atoms with van der Waals surface area (Å²) in [4.78, 5) is 12.4. The fraction of sp³-hybridized carbons (Fsp3) is 0.261. The maximum Gasteiger partial charge on any atom is 0.289 e. The lowest BCUT2D eigenvalue weighted by Gasteiger charge is -2.05. The van der Waals surface area contributed by atoms with Crippen molar-refractivity contribution in [1.29, 1.82) is 0 Å². The number of hydrazone groups is 1. The largest absolute Gasteiger partial charge is 0.497 e. The molecule has 0 aliphatic heterocycles. The van der Waals surface area contributed by atoms with Gasteiger partial charge in [0.15, 0.2) is 0 Å². The van der Waals surface area contributed by atoms with Crippen LogP contribution in [0.5, 0.6) is 11.5 Å². The topological polar surface area (TPSA) is 88.6 Å². The maximum absolute atomic E-state index is 12.4. The number of ether oxygens (including phenoxy) is 2. The molecule has 0 fully saturated rings. The molecule has 3 aromatic rings. The van der Waals surface area contributed by atoms with E-state index < -0.39 is 0 Å². The number of hydrogen-bond acceptors (Lipinski definition) is 5. The van der Waals surface area contributed by atoms with Gasteiger partial charge in [0.25, 0.3) is 5.91 Å². The number of rotatable bonds is 9. The number of aromatic amines is 1. The van der Waals surface area contributed by atoms with Gasteiger partial charge in [0.2, 0.25) is 0 Å². The van der Waals surface area contributed by atoms with Crippen LogP contribution in [-0.2, 0) is 0 Å². The van der Waals surface area contributed by atoms with Gasteiger partial charge in [-0.1, -0.05) is 13.3 Å². The van der Waals surface area contributed by atoms with Gasteiger partial charge in [-0.2, -0.15) is 10.2 Å². The lowest BCUT2D eigenvalue weighted by Crippen LogP contribution is -2.19. The molecule has 3 rings (SSSR count). The van der Waals surface area contributed by atoms with Crippen molar-refractivity contribution in [3.05, 3.63) is 65.9 Å². The van der Waals surface area contributed by atoms with Crippen LogP contribution in [0, 0.1) is 0 Å². The Kier molecular flexibility index (Phi) is 7.21. The van der Waals surface area contributed by atoms with Gasteiger partial charge < -0.3 is 9.47 Å². The summed E-state index contributed by atoms with van der Waals surface area (Å²) < 4.78 is 10.8. The van der Waals surface area contributed by atoms with E-state index in [0.717, 1.165) is 35.5 Å². The first-order chi connectivity index (χ1) is 14.6. The smallest absolute Gasteiger partial charge is 0.289 e. The molecular formula is C23H26N4O3. The normalized spacial score (nSPS) is 11.2. The Morgan fingerprint density at radius 1 is 1.10 bits per heavy atom. The van der Waals surface area contributed by atoms with E-state index in [4.69, 9.17) is 9.47 Å². The fourth-order valence-corrected chi connectivity index (χ4v) is 2.73. The van der Waals surface area contributed by atoms with Crippen molar-refractivity contribution in [2.24, 2.45) is 5.10 Å². The molecule has 7 nitrogen and oxygen atoms in total. The van der Waals surface area contributed by atoms with Crippen LogP contribution in [0.4, 0.5) is 0 Å². The van der Waals surface area contributed by atoms with Gasteiger partial charge in [-0.25, -0.2) is 5.43 Å². The number of benzene rings is 2. The molecule has 0 spiro atoms. The molecule has 0 atom stereocenters. The molecule has 0 saturated heterocycles. The zero-order chi connectivity index (χ0) is 21.3. The van der Waals surface area contributed by atoms with Gasteiger partial charge in [0.05, 0.1) is 25.1 Å². The molecule has 156 valence electrons. The molecule has 1 aromatic heterocycles. The Morgan fingerprint density at radius 2 is 1.80 bits per heavy atom. The number of H-pyrrole nitrogens is 1. The third-order valence-corrected chi connectivity index (χ3v) is 4.57. The number of nitrogens with one attached hydrogen (secondary N) is 2. The van der Waals surface area contributed by atoms with E-state index in [9.17, 15) is 4.79 Å². The third-order valence-electron chi connectivity index (χ3n) is 4.57. The van der Waals surface area contributed by atoms with Crippen molar-refractivity contribution in [2.75, 3.05) is 13.7 Å². The molecular weight excluding hydrogens is 380 g/mol. The highest BCUT2D eigenvalue weighted by Gasteiger charge is 2.11. The fourth-order valence-electron chi connectivity index (χ4n) is 2.73. The second-order valence-electron chi connectivity index (χ2n) is 6.76. The van der Waals surface area contributed by atoms with Crippen LogP contribution in [-0.4, -0.2) is 35.5 Å². The van der Waals surface area contributed by atoms with E-state index in [0.29, 0.717) is 23.7 Å². The maximum atomic E-state index is 12.4. The van der Waals surface area contributed by atoms with Crippen LogP contribution in [0.15, 0.2) is 59.7 Å². The summed E-state index contributed by atoms with van der Waals surface area (Å²) in [5.41, 5.74) is 6.04. The highest BCUT2D eigenvalue weighted by atomic mass is 16.5. The van der Waals surface area contributed by atoms with Crippen molar-refractivity contribution in [2.45, 2.75) is 26.7 Å². The second kappa shape index (κ2) is 10.2. The Morgan fingerprint density at radius 3 is 2.47 bits per heavy atom. The average molecular weight is 406 g/mol. The van der Waals surface area contributed by atoms with Gasteiger partial charge in [-0.05, 0) is 73.5 Å². The lowest BCUT2D eigenvalue weighted by molar-refractivity contribution is 0.0950. The van der Waals surface area contributed by atoms with Gasteiger partial charge in [-0.3, -0.25) is 9.89 Å². The number of carbonyl (C=O) groups excluding carboxylic acids is 1. The molecule has 1 heterocycles. The zero-order valence-corrected chi connectivity index (χ0v) is 17.4. The van der Waals surface area contributed by atoms with E-state index in [-0.39, 0.29) is 5.91 Å². The molecule has 7 heteroatoms. The van der Waals surface area contributed by atoms with Crippen molar-refractivity contribution in [1.82, 2.24) is 15.6 Å². The summed E-state index contributed by atoms with van der Waals surface area (Å²) in [6.45, 7) is 4.66. The molecule has 30 heavy (non-hydrogen) atoms. The standard InChI is InChI=1S/C23H26N4O3/c1-4-5-14-30-20-12-8-18(9-13-20)21-15-22(26-25-21)23(28)27-24-16(2)17-6-10-19(29-3)11-7-17/h6-13,15H,4-5,14H2,1-3H3,(H,25,26)(H,27,28). The minimum Gasteiger partial charge on any atom is -0.497 e. The monoisotopic (exact) mass is 406 g/mol. The Bertz CT molecular complexity index is 992. The first-order valence-corrected chi connectivity index (χ1v) is 9.88. The van der Waals surface area contributed by atoms with Crippen molar-refractivity contribution < 1.29 is 14.3 Å². The van der Waals surface area contributed by atoms with Gasteiger partial charge in [-0.15, -0.1) is 0 Å². The second-order valence-corrected chi connectivity index (χ2v) is 6.76. The third kappa shape index (κ3) is 5.47. The molecule has 0 aliphatic carbocycles.